The number of halogens is 1. The fourth-order valence-electron chi connectivity index (χ4n) is 2.67. The van der Waals surface area contributed by atoms with Crippen molar-refractivity contribution in [3.05, 3.63) is 59.9 Å². The van der Waals surface area contributed by atoms with Gasteiger partial charge in [-0.15, -0.1) is 0 Å². The average Bonchev–Trinajstić information content (AvgIpc) is 3.06. The Morgan fingerprint density at radius 3 is 2.62 bits per heavy atom. The number of esters is 1. The SMILES string of the molecule is O=C(COC(=O)c1ccc(F)cc1)Nc1cccc(N2CCCC2=O)c1. The molecule has 2 aromatic rings. The fraction of sp³-hybridized carbons (Fsp3) is 0.211. The Hall–Kier alpha value is -3.22. The van der Waals surface area contributed by atoms with Crippen molar-refractivity contribution in [3.63, 3.8) is 0 Å². The number of anilines is 2. The Balaban J connectivity index is 1.55. The van der Waals surface area contributed by atoms with Crippen molar-refractivity contribution in [2.45, 2.75) is 12.8 Å². The van der Waals surface area contributed by atoms with E-state index in [9.17, 15) is 18.8 Å². The van der Waals surface area contributed by atoms with Gasteiger partial charge < -0.3 is 15.0 Å². The van der Waals surface area contributed by atoms with Crippen LogP contribution in [-0.2, 0) is 14.3 Å². The van der Waals surface area contributed by atoms with Crippen molar-refractivity contribution in [1.29, 1.82) is 0 Å². The maximum Gasteiger partial charge on any atom is 0.338 e. The highest BCUT2D eigenvalue weighted by atomic mass is 19.1. The van der Waals surface area contributed by atoms with Crippen molar-refractivity contribution in [1.82, 2.24) is 0 Å². The van der Waals surface area contributed by atoms with E-state index in [2.05, 4.69) is 5.32 Å². The first kappa shape index (κ1) is 17.6. The summed E-state index contributed by atoms with van der Waals surface area (Å²) in [7, 11) is 0. The van der Waals surface area contributed by atoms with Crippen LogP contribution in [0, 0.1) is 5.82 Å². The van der Waals surface area contributed by atoms with Crippen LogP contribution >= 0.6 is 0 Å². The lowest BCUT2D eigenvalue weighted by Gasteiger charge is -2.16. The summed E-state index contributed by atoms with van der Waals surface area (Å²) in [5.74, 6) is -1.63. The quantitative estimate of drug-likeness (QED) is 0.836. The number of amides is 2. The first-order valence-corrected chi connectivity index (χ1v) is 8.16. The zero-order valence-electron chi connectivity index (χ0n) is 13.9. The predicted molar refractivity (Wildman–Crippen MR) is 93.3 cm³/mol. The summed E-state index contributed by atoms with van der Waals surface area (Å²) >= 11 is 0. The van der Waals surface area contributed by atoms with E-state index in [1.165, 1.54) is 12.1 Å². The minimum atomic E-state index is -0.712. The van der Waals surface area contributed by atoms with E-state index in [1.807, 2.05) is 0 Å². The normalized spacial score (nSPS) is 13.6. The van der Waals surface area contributed by atoms with Gasteiger partial charge >= 0.3 is 5.97 Å². The molecule has 1 heterocycles. The molecule has 0 spiro atoms. The number of ether oxygens (including phenoxy) is 1. The molecule has 1 aliphatic heterocycles. The third-order valence-corrected chi connectivity index (χ3v) is 3.93. The summed E-state index contributed by atoms with van der Waals surface area (Å²) in [6.45, 7) is 0.189. The Bertz CT molecular complexity index is 836. The molecule has 1 fully saturated rings. The lowest BCUT2D eigenvalue weighted by Crippen LogP contribution is -2.24. The van der Waals surface area contributed by atoms with Crippen LogP contribution in [0.5, 0.6) is 0 Å². The molecule has 0 bridgehead atoms. The summed E-state index contributed by atoms with van der Waals surface area (Å²) in [6, 6.07) is 11.8. The molecule has 26 heavy (non-hydrogen) atoms. The van der Waals surface area contributed by atoms with Crippen LogP contribution in [0.15, 0.2) is 48.5 Å². The van der Waals surface area contributed by atoms with Gasteiger partial charge in [0.05, 0.1) is 5.56 Å². The van der Waals surface area contributed by atoms with Crippen molar-refractivity contribution in [2.75, 3.05) is 23.4 Å². The number of hydrogen-bond acceptors (Lipinski definition) is 4. The van der Waals surface area contributed by atoms with E-state index in [0.717, 1.165) is 18.6 Å². The highest BCUT2D eigenvalue weighted by Gasteiger charge is 2.21. The number of hydrogen-bond donors (Lipinski definition) is 1. The van der Waals surface area contributed by atoms with Crippen LogP contribution in [0.25, 0.3) is 0 Å². The maximum atomic E-state index is 12.8. The van der Waals surface area contributed by atoms with Gasteiger partial charge in [0, 0.05) is 24.3 Å². The van der Waals surface area contributed by atoms with Gasteiger partial charge in [0.25, 0.3) is 5.91 Å². The standard InChI is InChI=1S/C19H17FN2O4/c20-14-8-6-13(7-9-14)19(25)26-12-17(23)21-15-3-1-4-16(11-15)22-10-2-5-18(22)24/h1,3-4,6-9,11H,2,5,10,12H2,(H,21,23). The van der Waals surface area contributed by atoms with Gasteiger partial charge in [-0.1, -0.05) is 6.07 Å². The lowest BCUT2D eigenvalue weighted by molar-refractivity contribution is -0.119. The number of carbonyl (C=O) groups excluding carboxylic acids is 3. The van der Waals surface area contributed by atoms with Crippen LogP contribution in [0.4, 0.5) is 15.8 Å². The minimum Gasteiger partial charge on any atom is -0.452 e. The largest absolute Gasteiger partial charge is 0.452 e. The molecule has 0 aromatic heterocycles. The van der Waals surface area contributed by atoms with Gasteiger partial charge in [0.15, 0.2) is 6.61 Å². The maximum absolute atomic E-state index is 12.8. The second-order valence-electron chi connectivity index (χ2n) is 5.83. The summed E-state index contributed by atoms with van der Waals surface area (Å²) in [6.07, 6.45) is 1.34. The molecule has 2 aromatic carbocycles. The molecule has 1 saturated heterocycles. The first-order chi connectivity index (χ1) is 12.5. The average molecular weight is 356 g/mol. The Morgan fingerprint density at radius 1 is 1.15 bits per heavy atom. The third-order valence-electron chi connectivity index (χ3n) is 3.93. The smallest absolute Gasteiger partial charge is 0.338 e. The molecule has 3 rings (SSSR count). The molecule has 7 heteroatoms. The summed E-state index contributed by atoms with van der Waals surface area (Å²) in [5, 5.41) is 2.62. The van der Waals surface area contributed by atoms with E-state index in [0.29, 0.717) is 24.3 Å². The Kier molecular flexibility index (Phi) is 5.26. The summed E-state index contributed by atoms with van der Waals surface area (Å²) in [5.41, 5.74) is 1.38. The van der Waals surface area contributed by atoms with E-state index in [4.69, 9.17) is 4.74 Å². The second kappa shape index (κ2) is 7.77. The Labute approximate surface area is 149 Å². The van der Waals surface area contributed by atoms with Crippen molar-refractivity contribution < 1.29 is 23.5 Å². The number of nitrogens with one attached hydrogen (secondary N) is 1. The molecule has 0 saturated carbocycles. The topological polar surface area (TPSA) is 75.7 Å². The molecule has 0 unspecified atom stereocenters. The summed E-state index contributed by atoms with van der Waals surface area (Å²) < 4.78 is 17.7. The molecule has 1 aliphatic rings. The van der Waals surface area contributed by atoms with Crippen molar-refractivity contribution >= 4 is 29.2 Å². The van der Waals surface area contributed by atoms with Gasteiger partial charge in [-0.3, -0.25) is 9.59 Å². The predicted octanol–water partition coefficient (Wildman–Crippen LogP) is 2.75. The minimum absolute atomic E-state index is 0.0571. The molecule has 1 N–H and O–H groups in total. The molecular formula is C19H17FN2O4. The second-order valence-corrected chi connectivity index (χ2v) is 5.83. The van der Waals surface area contributed by atoms with Gasteiger partial charge in [0.2, 0.25) is 5.91 Å². The van der Waals surface area contributed by atoms with Gasteiger partial charge in [-0.05, 0) is 48.9 Å². The van der Waals surface area contributed by atoms with Crippen molar-refractivity contribution in [2.24, 2.45) is 0 Å². The molecule has 0 aliphatic carbocycles. The fourth-order valence-corrected chi connectivity index (χ4v) is 2.67. The molecule has 6 nitrogen and oxygen atoms in total. The van der Waals surface area contributed by atoms with Crippen LogP contribution in [-0.4, -0.2) is 30.9 Å². The lowest BCUT2D eigenvalue weighted by atomic mass is 10.2. The van der Waals surface area contributed by atoms with Crippen molar-refractivity contribution in [3.8, 4) is 0 Å². The van der Waals surface area contributed by atoms with Gasteiger partial charge in [-0.2, -0.15) is 0 Å². The van der Waals surface area contributed by atoms with Crippen LogP contribution in [0.1, 0.15) is 23.2 Å². The summed E-state index contributed by atoms with van der Waals surface area (Å²) in [4.78, 5) is 37.2. The molecule has 134 valence electrons. The molecule has 0 radical (unpaired) electrons. The van der Waals surface area contributed by atoms with Crippen LogP contribution in [0.3, 0.4) is 0 Å². The van der Waals surface area contributed by atoms with E-state index in [-0.39, 0.29) is 11.5 Å². The zero-order valence-corrected chi connectivity index (χ0v) is 13.9. The van der Waals surface area contributed by atoms with Gasteiger partial charge in [0.1, 0.15) is 5.82 Å². The van der Waals surface area contributed by atoms with Crippen LogP contribution < -0.4 is 10.2 Å². The highest BCUT2D eigenvalue weighted by Crippen LogP contribution is 2.24. The number of nitrogens with zero attached hydrogens (tertiary/aromatic N) is 1. The zero-order chi connectivity index (χ0) is 18.5. The monoisotopic (exact) mass is 356 g/mol. The van der Waals surface area contributed by atoms with E-state index < -0.39 is 24.3 Å². The van der Waals surface area contributed by atoms with E-state index >= 15 is 0 Å². The van der Waals surface area contributed by atoms with E-state index in [1.54, 1.807) is 29.2 Å². The Morgan fingerprint density at radius 2 is 1.92 bits per heavy atom. The molecular weight excluding hydrogens is 339 g/mol. The third kappa shape index (κ3) is 4.24. The number of carbonyl (C=O) groups is 3. The molecule has 0 atom stereocenters. The highest BCUT2D eigenvalue weighted by molar-refractivity contribution is 5.98. The molecule has 2 amide bonds. The van der Waals surface area contributed by atoms with Gasteiger partial charge in [-0.25, -0.2) is 9.18 Å². The number of rotatable bonds is 5. The number of benzene rings is 2. The first-order valence-electron chi connectivity index (χ1n) is 8.16. The van der Waals surface area contributed by atoms with Crippen LogP contribution in [0.2, 0.25) is 0 Å².